The number of hydrogen-bond acceptors (Lipinski definition) is 6. The first kappa shape index (κ1) is 14.3. The Morgan fingerprint density at radius 3 is 2.33 bits per heavy atom. The van der Waals surface area contributed by atoms with Crippen molar-refractivity contribution in [1.29, 1.82) is 0 Å². The number of esters is 1. The predicted molar refractivity (Wildman–Crippen MR) is 51.1 cm³/mol. The molecule has 0 radical (unpaired) electrons. The molecular weight excluding hydrogens is 204 g/mol. The van der Waals surface area contributed by atoms with Crippen molar-refractivity contribution in [3.8, 4) is 0 Å². The average Bonchev–Trinajstić information content (AvgIpc) is 2.21. The fourth-order valence-corrected chi connectivity index (χ4v) is 0.684. The normalized spacial score (nSPS) is 11.5. The minimum atomic E-state index is -1.12. The fraction of sp³-hybridized carbons (Fsp3) is 0.889. The van der Waals surface area contributed by atoms with E-state index < -0.39 is 11.6 Å². The van der Waals surface area contributed by atoms with E-state index in [-0.39, 0.29) is 33.2 Å². The third-order valence-electron chi connectivity index (χ3n) is 1.55. The van der Waals surface area contributed by atoms with Crippen LogP contribution < -0.4 is 0 Å². The molecule has 15 heavy (non-hydrogen) atoms. The largest absolute Gasteiger partial charge is 0.461 e. The number of rotatable bonds is 8. The Kier molecular flexibility index (Phi) is 7.23. The van der Waals surface area contributed by atoms with Crippen molar-refractivity contribution in [3.63, 3.8) is 0 Å². The Hall–Kier alpha value is -0.690. The highest BCUT2D eigenvalue weighted by Crippen LogP contribution is 2.11. The van der Waals surface area contributed by atoms with Gasteiger partial charge in [0.2, 0.25) is 0 Å². The molecule has 0 unspecified atom stereocenters. The Morgan fingerprint density at radius 1 is 1.20 bits per heavy atom. The van der Waals surface area contributed by atoms with Crippen molar-refractivity contribution in [3.05, 3.63) is 0 Å². The number of carbonyl (C=O) groups excluding carboxylic acids is 1. The Bertz CT molecular complexity index is 179. The second-order valence-electron chi connectivity index (χ2n) is 3.26. The number of aliphatic hydroxyl groups excluding tert-OH is 2. The molecule has 0 heterocycles. The summed E-state index contributed by atoms with van der Waals surface area (Å²) in [4.78, 5) is 11.3. The summed E-state index contributed by atoms with van der Waals surface area (Å²) in [6.07, 6.45) is 0. The zero-order valence-corrected chi connectivity index (χ0v) is 9.06. The van der Waals surface area contributed by atoms with Gasteiger partial charge < -0.3 is 24.4 Å². The lowest BCUT2D eigenvalue weighted by Crippen LogP contribution is -2.38. The van der Waals surface area contributed by atoms with E-state index in [1.165, 1.54) is 13.8 Å². The van der Waals surface area contributed by atoms with E-state index in [9.17, 15) is 4.79 Å². The summed E-state index contributed by atoms with van der Waals surface area (Å²) in [7, 11) is 0. The Balaban J connectivity index is 3.78. The van der Waals surface area contributed by atoms with Crippen molar-refractivity contribution < 1.29 is 29.2 Å². The topological polar surface area (TPSA) is 85.2 Å². The van der Waals surface area contributed by atoms with Crippen LogP contribution in [0.2, 0.25) is 0 Å². The average molecular weight is 222 g/mol. The van der Waals surface area contributed by atoms with Crippen molar-refractivity contribution >= 4 is 5.97 Å². The highest BCUT2D eigenvalue weighted by molar-refractivity contribution is 5.78. The predicted octanol–water partition coefficient (Wildman–Crippen LogP) is -0.717. The van der Waals surface area contributed by atoms with Crippen molar-refractivity contribution in [2.75, 3.05) is 33.2 Å². The van der Waals surface area contributed by atoms with E-state index in [1.807, 2.05) is 0 Å². The van der Waals surface area contributed by atoms with Gasteiger partial charge in [0.05, 0.1) is 19.8 Å². The highest BCUT2D eigenvalue weighted by atomic mass is 16.7. The summed E-state index contributed by atoms with van der Waals surface area (Å²) in [5.41, 5.74) is -1.12. The molecule has 90 valence electrons. The molecule has 6 nitrogen and oxygen atoms in total. The van der Waals surface area contributed by atoms with Gasteiger partial charge in [0.15, 0.2) is 5.60 Å². The van der Waals surface area contributed by atoms with Crippen LogP contribution in [0, 0.1) is 0 Å². The van der Waals surface area contributed by atoms with Gasteiger partial charge in [-0.05, 0) is 13.8 Å². The first-order valence-corrected chi connectivity index (χ1v) is 4.65. The van der Waals surface area contributed by atoms with Crippen LogP contribution in [0.5, 0.6) is 0 Å². The minimum Gasteiger partial charge on any atom is -0.461 e. The number of carbonyl (C=O) groups is 1. The van der Waals surface area contributed by atoms with Crippen LogP contribution in [-0.4, -0.2) is 55.0 Å². The molecule has 0 atom stereocenters. The van der Waals surface area contributed by atoms with E-state index in [0.29, 0.717) is 0 Å². The summed E-state index contributed by atoms with van der Waals surface area (Å²) in [5.74, 6) is -0.566. The molecule has 0 aliphatic carbocycles. The van der Waals surface area contributed by atoms with E-state index in [0.717, 1.165) is 0 Å². The van der Waals surface area contributed by atoms with Gasteiger partial charge in [0, 0.05) is 0 Å². The lowest BCUT2D eigenvalue weighted by Gasteiger charge is -2.22. The van der Waals surface area contributed by atoms with Crippen LogP contribution in [0.4, 0.5) is 0 Å². The second-order valence-corrected chi connectivity index (χ2v) is 3.26. The summed E-state index contributed by atoms with van der Waals surface area (Å²) in [6, 6.07) is 0. The fourth-order valence-electron chi connectivity index (χ4n) is 0.684. The monoisotopic (exact) mass is 222 g/mol. The van der Waals surface area contributed by atoms with Gasteiger partial charge in [-0.25, -0.2) is 4.79 Å². The quantitative estimate of drug-likeness (QED) is 0.320. The van der Waals surface area contributed by atoms with E-state index in [2.05, 4.69) is 0 Å². The van der Waals surface area contributed by atoms with Crippen molar-refractivity contribution in [2.45, 2.75) is 19.4 Å². The van der Waals surface area contributed by atoms with E-state index in [4.69, 9.17) is 24.4 Å². The molecule has 0 bridgehead atoms. The van der Waals surface area contributed by atoms with Crippen LogP contribution in [0.15, 0.2) is 0 Å². The standard InChI is InChI=1S/C9H18O6/c1-9(2,8(12)14-6-4-11)15-7-13-5-3-10/h10-11H,3-7H2,1-2H3. The van der Waals surface area contributed by atoms with Crippen LogP contribution in [0.25, 0.3) is 0 Å². The molecule has 0 spiro atoms. The second kappa shape index (κ2) is 7.58. The van der Waals surface area contributed by atoms with Crippen molar-refractivity contribution in [2.24, 2.45) is 0 Å². The minimum absolute atomic E-state index is 0.0525. The number of ether oxygens (including phenoxy) is 3. The SMILES string of the molecule is CC(C)(OCOCCO)C(=O)OCCO. The summed E-state index contributed by atoms with van der Waals surface area (Å²) in [5, 5.41) is 16.9. The molecule has 6 heteroatoms. The maximum Gasteiger partial charge on any atom is 0.338 e. The molecule has 2 N–H and O–H groups in total. The van der Waals surface area contributed by atoms with Gasteiger partial charge in [0.25, 0.3) is 0 Å². The van der Waals surface area contributed by atoms with Gasteiger partial charge in [0.1, 0.15) is 13.4 Å². The van der Waals surface area contributed by atoms with E-state index >= 15 is 0 Å². The molecule has 0 rings (SSSR count). The van der Waals surface area contributed by atoms with Gasteiger partial charge in [-0.1, -0.05) is 0 Å². The zero-order chi connectivity index (χ0) is 11.7. The number of hydrogen-bond donors (Lipinski definition) is 2. The molecule has 0 saturated carbocycles. The van der Waals surface area contributed by atoms with Crippen LogP contribution in [-0.2, 0) is 19.0 Å². The summed E-state index contributed by atoms with van der Waals surface area (Å²) in [6.45, 7) is 2.76. The first-order chi connectivity index (χ1) is 7.04. The molecule has 0 aliphatic heterocycles. The lowest BCUT2D eigenvalue weighted by molar-refractivity contribution is -0.185. The highest BCUT2D eigenvalue weighted by Gasteiger charge is 2.30. The smallest absolute Gasteiger partial charge is 0.338 e. The van der Waals surface area contributed by atoms with Gasteiger partial charge in [-0.15, -0.1) is 0 Å². The van der Waals surface area contributed by atoms with Crippen molar-refractivity contribution in [1.82, 2.24) is 0 Å². The Labute approximate surface area is 88.7 Å². The van der Waals surface area contributed by atoms with Crippen LogP contribution in [0.1, 0.15) is 13.8 Å². The molecule has 0 fully saturated rings. The van der Waals surface area contributed by atoms with Crippen LogP contribution >= 0.6 is 0 Å². The lowest BCUT2D eigenvalue weighted by atomic mass is 10.1. The van der Waals surface area contributed by atoms with Crippen LogP contribution in [0.3, 0.4) is 0 Å². The molecule has 0 amide bonds. The molecule has 0 aromatic rings. The third-order valence-corrected chi connectivity index (χ3v) is 1.55. The molecule has 0 aromatic heterocycles. The maximum absolute atomic E-state index is 11.3. The molecule has 0 saturated heterocycles. The third kappa shape index (κ3) is 6.40. The Morgan fingerprint density at radius 2 is 1.80 bits per heavy atom. The summed E-state index contributed by atoms with van der Waals surface area (Å²) >= 11 is 0. The van der Waals surface area contributed by atoms with E-state index in [1.54, 1.807) is 0 Å². The molecular formula is C9H18O6. The summed E-state index contributed by atoms with van der Waals surface area (Å²) < 4.78 is 14.6. The molecule has 0 aliphatic rings. The maximum atomic E-state index is 11.3. The first-order valence-electron chi connectivity index (χ1n) is 4.65. The molecule has 0 aromatic carbocycles. The zero-order valence-electron chi connectivity index (χ0n) is 9.06. The number of aliphatic hydroxyl groups is 2. The van der Waals surface area contributed by atoms with Gasteiger partial charge >= 0.3 is 5.97 Å². The van der Waals surface area contributed by atoms with Gasteiger partial charge in [-0.3, -0.25) is 0 Å². The van der Waals surface area contributed by atoms with Gasteiger partial charge in [-0.2, -0.15) is 0 Å².